The van der Waals surface area contributed by atoms with Crippen LogP contribution in [0, 0.1) is 6.92 Å². The largest absolute Gasteiger partial charge is 0.444 e. The summed E-state index contributed by atoms with van der Waals surface area (Å²) < 4.78 is 5.40. The predicted octanol–water partition coefficient (Wildman–Crippen LogP) is 7.06. The number of benzene rings is 3. The molecule has 3 amide bonds. The first-order chi connectivity index (χ1) is 19.5. The first kappa shape index (κ1) is 32.0. The van der Waals surface area contributed by atoms with E-state index in [-0.39, 0.29) is 17.6 Å². The molecular weight excluding hydrogens is 534 g/mol. The highest BCUT2D eigenvalue weighted by Crippen LogP contribution is 2.27. The summed E-state index contributed by atoms with van der Waals surface area (Å²) in [5, 5.41) is 7.79. The van der Waals surface area contributed by atoms with Crippen LogP contribution < -0.4 is 10.6 Å². The Bertz CT molecular complexity index is 1320. The van der Waals surface area contributed by atoms with Gasteiger partial charge in [0.15, 0.2) is 0 Å². The van der Waals surface area contributed by atoms with Crippen LogP contribution in [-0.4, -0.2) is 46.7 Å². The molecule has 220 valence electrons. The number of rotatable bonds is 12. The predicted molar refractivity (Wildman–Crippen MR) is 169 cm³/mol. The quantitative estimate of drug-likeness (QED) is 0.159. The van der Waals surface area contributed by atoms with Crippen LogP contribution in [0.15, 0.2) is 66.7 Å². The van der Waals surface area contributed by atoms with Gasteiger partial charge in [-0.05, 0) is 62.6 Å². The number of ether oxygens (including phenoxy) is 1. The van der Waals surface area contributed by atoms with Gasteiger partial charge in [0.25, 0.3) is 5.91 Å². The van der Waals surface area contributed by atoms with Crippen LogP contribution in [0.25, 0.3) is 10.8 Å². The molecule has 2 atom stereocenters. The van der Waals surface area contributed by atoms with Crippen molar-refractivity contribution in [1.29, 1.82) is 0 Å². The van der Waals surface area contributed by atoms with Gasteiger partial charge in [0.2, 0.25) is 5.91 Å². The van der Waals surface area contributed by atoms with Crippen LogP contribution in [0.5, 0.6) is 0 Å². The molecule has 0 saturated heterocycles. The lowest BCUT2D eigenvalue weighted by atomic mass is 10.0. The maximum absolute atomic E-state index is 14.1. The van der Waals surface area contributed by atoms with Crippen molar-refractivity contribution in [2.45, 2.75) is 78.0 Å². The minimum Gasteiger partial charge on any atom is -0.444 e. The number of anilines is 1. The van der Waals surface area contributed by atoms with Gasteiger partial charge < -0.3 is 20.3 Å². The average Bonchev–Trinajstić information content (AvgIpc) is 2.92. The van der Waals surface area contributed by atoms with Crippen molar-refractivity contribution in [2.24, 2.45) is 0 Å². The van der Waals surface area contributed by atoms with E-state index in [0.717, 1.165) is 42.0 Å². The molecule has 0 fully saturated rings. The molecule has 0 heterocycles. The maximum atomic E-state index is 14.1. The molecule has 2 N–H and O–H groups in total. The minimum absolute atomic E-state index is 0.0520. The van der Waals surface area contributed by atoms with Crippen LogP contribution in [0.3, 0.4) is 0 Å². The van der Waals surface area contributed by atoms with Crippen LogP contribution in [-0.2, 0) is 14.3 Å². The van der Waals surface area contributed by atoms with Gasteiger partial charge in [-0.2, -0.15) is 12.6 Å². The smallest absolute Gasteiger partial charge is 0.408 e. The molecule has 0 aliphatic rings. The van der Waals surface area contributed by atoms with Crippen LogP contribution in [0.4, 0.5) is 10.5 Å². The van der Waals surface area contributed by atoms with Gasteiger partial charge >= 0.3 is 6.09 Å². The number of fused-ring (bicyclic) bond motifs is 1. The topological polar surface area (TPSA) is 87.7 Å². The van der Waals surface area contributed by atoms with E-state index in [9.17, 15) is 14.4 Å². The molecule has 0 saturated carbocycles. The first-order valence-electron chi connectivity index (χ1n) is 14.3. The number of carbonyl (C=O) groups excluding carboxylic acids is 3. The molecule has 3 aromatic rings. The zero-order valence-electron chi connectivity index (χ0n) is 24.8. The van der Waals surface area contributed by atoms with Crippen molar-refractivity contribution in [3.05, 3.63) is 77.9 Å². The maximum Gasteiger partial charge on any atom is 0.408 e. The number of hydrogen-bond acceptors (Lipinski definition) is 5. The number of hydrogen-bond donors (Lipinski definition) is 3. The molecule has 41 heavy (non-hydrogen) atoms. The fourth-order valence-corrected chi connectivity index (χ4v) is 4.86. The van der Waals surface area contributed by atoms with Crippen molar-refractivity contribution in [1.82, 2.24) is 10.2 Å². The molecule has 7 nitrogen and oxygen atoms in total. The van der Waals surface area contributed by atoms with Gasteiger partial charge in [-0.25, -0.2) is 4.79 Å². The third kappa shape index (κ3) is 9.52. The Morgan fingerprint density at radius 2 is 1.61 bits per heavy atom. The van der Waals surface area contributed by atoms with Crippen molar-refractivity contribution >= 4 is 47.0 Å². The van der Waals surface area contributed by atoms with Crippen molar-refractivity contribution < 1.29 is 19.1 Å². The lowest BCUT2D eigenvalue weighted by molar-refractivity contribution is -0.140. The van der Waals surface area contributed by atoms with Gasteiger partial charge in [0, 0.05) is 18.0 Å². The lowest BCUT2D eigenvalue weighted by Crippen LogP contribution is -2.53. The normalized spacial score (nSPS) is 12.8. The summed E-state index contributed by atoms with van der Waals surface area (Å²) in [7, 11) is 0. The second kappa shape index (κ2) is 14.9. The molecule has 0 aromatic heterocycles. The highest BCUT2D eigenvalue weighted by Gasteiger charge is 2.35. The summed E-state index contributed by atoms with van der Waals surface area (Å²) in [6, 6.07) is 19.4. The molecule has 0 bridgehead atoms. The Morgan fingerprint density at radius 3 is 2.24 bits per heavy atom. The Balaban J connectivity index is 1.98. The molecule has 2 unspecified atom stereocenters. The highest BCUT2D eigenvalue weighted by molar-refractivity contribution is 7.80. The van der Waals surface area contributed by atoms with Crippen molar-refractivity contribution in [3.8, 4) is 0 Å². The van der Waals surface area contributed by atoms with E-state index in [4.69, 9.17) is 4.74 Å². The standard InChI is InChI=1S/C33H43N3O4S/c1-6-7-8-11-20-36(31(38)28(22-41)35-32(39)40-33(3,4)5)29(25-16-14-23(2)15-17-25)30(37)34-27-19-18-24-12-9-10-13-26(24)21-27/h9-10,12-19,21,28-29,41H,6-8,11,20,22H2,1-5H3,(H,34,37)(H,35,39). The van der Waals surface area contributed by atoms with Gasteiger partial charge in [0.05, 0.1) is 0 Å². The lowest BCUT2D eigenvalue weighted by Gasteiger charge is -2.34. The molecule has 3 aromatic carbocycles. The number of carbonyl (C=O) groups is 3. The zero-order chi connectivity index (χ0) is 30.0. The molecule has 0 radical (unpaired) electrons. The number of amides is 3. The Hall–Kier alpha value is -3.52. The molecular formula is C33H43N3O4S. The van der Waals surface area contributed by atoms with Crippen LogP contribution in [0.1, 0.15) is 70.5 Å². The third-order valence-electron chi connectivity index (χ3n) is 6.68. The number of thiol groups is 1. The van der Waals surface area contributed by atoms with Gasteiger partial charge in [-0.3, -0.25) is 9.59 Å². The van der Waals surface area contributed by atoms with E-state index < -0.39 is 23.8 Å². The summed E-state index contributed by atoms with van der Waals surface area (Å²) in [5.41, 5.74) is 1.65. The SMILES string of the molecule is CCCCCCN(C(=O)C(CS)NC(=O)OC(C)(C)C)C(C(=O)Nc1ccc2ccccc2c1)c1ccc(C)cc1. The fraction of sp³-hybridized carbons (Fsp3) is 0.424. The van der Waals surface area contributed by atoms with Gasteiger partial charge in [0.1, 0.15) is 17.7 Å². The van der Waals surface area contributed by atoms with Crippen LogP contribution in [0.2, 0.25) is 0 Å². The van der Waals surface area contributed by atoms with E-state index in [0.29, 0.717) is 17.8 Å². The van der Waals surface area contributed by atoms with E-state index >= 15 is 0 Å². The molecule has 3 rings (SSSR count). The molecule has 8 heteroatoms. The molecule has 0 spiro atoms. The summed E-state index contributed by atoms with van der Waals surface area (Å²) >= 11 is 4.38. The Kier molecular flexibility index (Phi) is 11.6. The molecule has 0 aliphatic carbocycles. The minimum atomic E-state index is -0.972. The summed E-state index contributed by atoms with van der Waals surface area (Å²) in [6.45, 7) is 9.72. The number of alkyl carbamates (subject to hydrolysis) is 1. The van der Waals surface area contributed by atoms with Gasteiger partial charge in [-0.15, -0.1) is 0 Å². The number of nitrogens with one attached hydrogen (secondary N) is 2. The monoisotopic (exact) mass is 577 g/mol. The Morgan fingerprint density at radius 1 is 0.927 bits per heavy atom. The van der Waals surface area contributed by atoms with E-state index in [1.54, 1.807) is 25.7 Å². The van der Waals surface area contributed by atoms with Crippen LogP contribution >= 0.6 is 12.6 Å². The van der Waals surface area contributed by atoms with Crippen molar-refractivity contribution in [2.75, 3.05) is 17.6 Å². The highest BCUT2D eigenvalue weighted by atomic mass is 32.1. The van der Waals surface area contributed by atoms with E-state index in [2.05, 4.69) is 30.2 Å². The summed E-state index contributed by atoms with van der Waals surface area (Å²) in [6.07, 6.45) is 2.99. The first-order valence-corrected chi connectivity index (χ1v) is 14.9. The second-order valence-electron chi connectivity index (χ2n) is 11.3. The number of nitrogens with zero attached hydrogens (tertiary/aromatic N) is 1. The number of unbranched alkanes of at least 4 members (excludes halogenated alkanes) is 3. The van der Waals surface area contributed by atoms with E-state index in [1.165, 1.54) is 0 Å². The fourth-order valence-electron chi connectivity index (χ4n) is 4.61. The summed E-state index contributed by atoms with van der Waals surface area (Å²) in [5.74, 6) is -0.666. The zero-order valence-corrected chi connectivity index (χ0v) is 25.7. The van der Waals surface area contributed by atoms with E-state index in [1.807, 2.05) is 73.7 Å². The average molecular weight is 578 g/mol. The summed E-state index contributed by atoms with van der Waals surface area (Å²) in [4.78, 5) is 42.3. The molecule has 0 aliphatic heterocycles. The van der Waals surface area contributed by atoms with Crippen molar-refractivity contribution in [3.63, 3.8) is 0 Å². The van der Waals surface area contributed by atoms with Gasteiger partial charge in [-0.1, -0.05) is 86.3 Å². The number of aryl methyl sites for hydroxylation is 1. The third-order valence-corrected chi connectivity index (χ3v) is 7.04. The second-order valence-corrected chi connectivity index (χ2v) is 11.7. The Labute approximate surface area is 249 Å².